The van der Waals surface area contributed by atoms with Crippen molar-refractivity contribution in [2.45, 2.75) is 50.5 Å². The summed E-state index contributed by atoms with van der Waals surface area (Å²) >= 11 is 1.48. The van der Waals surface area contributed by atoms with E-state index < -0.39 is 0 Å². The largest absolute Gasteiger partial charge is 0.375 e. The van der Waals surface area contributed by atoms with Crippen molar-refractivity contribution in [3.8, 4) is 0 Å². The topological polar surface area (TPSA) is 85.2 Å². The zero-order chi connectivity index (χ0) is 18.6. The first-order valence-corrected chi connectivity index (χ1v) is 10.3. The number of hydrogen-bond acceptors (Lipinski definition) is 5. The Morgan fingerprint density at radius 3 is 2.58 bits per heavy atom. The summed E-state index contributed by atoms with van der Waals surface area (Å²) in [4.78, 5) is 19.2. The number of amides is 1. The molecule has 4 N–H and O–H groups in total. The first kappa shape index (κ1) is 18.9. The van der Waals surface area contributed by atoms with Crippen LogP contribution in [0, 0.1) is 0 Å². The predicted molar refractivity (Wildman–Crippen MR) is 107 cm³/mol. The van der Waals surface area contributed by atoms with Crippen LogP contribution >= 0.6 is 11.3 Å². The van der Waals surface area contributed by atoms with Crippen molar-refractivity contribution < 1.29 is 4.79 Å². The van der Waals surface area contributed by atoms with Gasteiger partial charge in [0.25, 0.3) is 0 Å². The molecule has 1 aromatic heterocycles. The van der Waals surface area contributed by atoms with E-state index in [4.69, 9.17) is 11.5 Å². The molecule has 0 saturated carbocycles. The Hall–Kier alpha value is -1.92. The summed E-state index contributed by atoms with van der Waals surface area (Å²) in [5, 5.41) is 2.66. The molecular formula is C20H28N4OS. The van der Waals surface area contributed by atoms with Crippen LogP contribution in [0.2, 0.25) is 0 Å². The van der Waals surface area contributed by atoms with E-state index in [0.717, 1.165) is 37.8 Å². The Labute approximate surface area is 159 Å². The van der Waals surface area contributed by atoms with E-state index in [1.165, 1.54) is 16.9 Å². The number of rotatable bonds is 6. The Kier molecular flexibility index (Phi) is 5.94. The van der Waals surface area contributed by atoms with Crippen LogP contribution in [0.5, 0.6) is 0 Å². The van der Waals surface area contributed by atoms with Crippen LogP contribution in [-0.4, -0.2) is 34.9 Å². The molecule has 0 aliphatic carbocycles. The molecule has 3 rings (SSSR count). The van der Waals surface area contributed by atoms with Crippen molar-refractivity contribution >= 4 is 22.4 Å². The Morgan fingerprint density at radius 1 is 1.31 bits per heavy atom. The van der Waals surface area contributed by atoms with E-state index in [1.807, 2.05) is 11.0 Å². The van der Waals surface area contributed by atoms with Crippen LogP contribution in [0.4, 0.5) is 5.13 Å². The lowest BCUT2D eigenvalue weighted by Crippen LogP contribution is -2.50. The number of likely N-dealkylation sites (tertiary alicyclic amines) is 1. The molecule has 2 heterocycles. The molecule has 0 unspecified atom stereocenters. The molecule has 26 heavy (non-hydrogen) atoms. The third-order valence-electron chi connectivity index (χ3n) is 5.45. The molecular weight excluding hydrogens is 344 g/mol. The van der Waals surface area contributed by atoms with Gasteiger partial charge in [0, 0.05) is 23.9 Å². The van der Waals surface area contributed by atoms with Gasteiger partial charge in [-0.25, -0.2) is 4.98 Å². The molecule has 140 valence electrons. The lowest BCUT2D eigenvalue weighted by Gasteiger charge is -2.42. The van der Waals surface area contributed by atoms with Crippen LogP contribution in [0.3, 0.4) is 0 Å². The summed E-state index contributed by atoms with van der Waals surface area (Å²) < 4.78 is 0. The number of unbranched alkanes of at least 4 members (excludes halogenated alkanes) is 1. The monoisotopic (exact) mass is 372 g/mol. The number of nitrogen functional groups attached to an aromatic ring is 1. The lowest BCUT2D eigenvalue weighted by atomic mass is 9.70. The van der Waals surface area contributed by atoms with Crippen LogP contribution in [0.25, 0.3) is 0 Å². The number of hydrogen-bond donors (Lipinski definition) is 2. The molecule has 0 spiro atoms. The molecule has 6 heteroatoms. The highest BCUT2D eigenvalue weighted by Crippen LogP contribution is 2.42. The first-order valence-electron chi connectivity index (χ1n) is 9.38. The molecule has 2 aromatic rings. The van der Waals surface area contributed by atoms with E-state index in [0.29, 0.717) is 18.2 Å². The normalized spacial score (nSPS) is 17.8. The fraction of sp³-hybridized carbons (Fsp3) is 0.500. The molecule has 1 aliphatic rings. The number of nitrogens with two attached hydrogens (primary N) is 2. The molecule has 5 nitrogen and oxygen atoms in total. The number of carbonyl (C=O) groups is 1. The molecule has 1 amide bonds. The van der Waals surface area contributed by atoms with Crippen LogP contribution in [0.1, 0.15) is 50.3 Å². The number of anilines is 1. The summed E-state index contributed by atoms with van der Waals surface area (Å²) in [6, 6.07) is 10.1. The van der Waals surface area contributed by atoms with Gasteiger partial charge in [-0.1, -0.05) is 50.1 Å². The van der Waals surface area contributed by atoms with Crippen molar-refractivity contribution in [1.29, 1.82) is 0 Å². The second kappa shape index (κ2) is 8.18. The van der Waals surface area contributed by atoms with Gasteiger partial charge >= 0.3 is 0 Å². The van der Waals surface area contributed by atoms with Crippen LogP contribution in [0.15, 0.2) is 35.7 Å². The first-order chi connectivity index (χ1) is 12.6. The molecule has 1 aromatic carbocycles. The Bertz CT molecular complexity index is 722. The summed E-state index contributed by atoms with van der Waals surface area (Å²) in [7, 11) is 0. The number of piperidine rings is 1. The summed E-state index contributed by atoms with van der Waals surface area (Å²) in [5.74, 6) is 0.0814. The lowest BCUT2D eigenvalue weighted by molar-refractivity contribution is -0.134. The molecule has 1 fully saturated rings. The van der Waals surface area contributed by atoms with Gasteiger partial charge in [0.2, 0.25) is 5.91 Å². The van der Waals surface area contributed by atoms with Gasteiger partial charge in [0.15, 0.2) is 5.13 Å². The van der Waals surface area contributed by atoms with Crippen LogP contribution < -0.4 is 11.5 Å². The zero-order valence-corrected chi connectivity index (χ0v) is 16.2. The van der Waals surface area contributed by atoms with E-state index in [-0.39, 0.29) is 17.4 Å². The fourth-order valence-corrected chi connectivity index (χ4v) is 4.51. The van der Waals surface area contributed by atoms with Crippen LogP contribution in [-0.2, 0) is 10.2 Å². The summed E-state index contributed by atoms with van der Waals surface area (Å²) in [5.41, 5.74) is 14.1. The molecule has 0 radical (unpaired) electrons. The van der Waals surface area contributed by atoms with Gasteiger partial charge in [0.05, 0.1) is 11.7 Å². The Morgan fingerprint density at radius 2 is 2.00 bits per heavy atom. The number of carbonyl (C=O) groups excluding carboxylic acids is 1. The minimum Gasteiger partial charge on any atom is -0.375 e. The maximum absolute atomic E-state index is 12.7. The fourth-order valence-electron chi connectivity index (χ4n) is 3.85. The van der Waals surface area contributed by atoms with Gasteiger partial charge in [-0.3, -0.25) is 4.79 Å². The minimum absolute atomic E-state index is 0.0814. The summed E-state index contributed by atoms with van der Waals surface area (Å²) in [6.45, 7) is 3.52. The van der Waals surface area contributed by atoms with Crippen molar-refractivity contribution in [2.24, 2.45) is 5.73 Å². The third-order valence-corrected chi connectivity index (χ3v) is 6.13. The summed E-state index contributed by atoms with van der Waals surface area (Å²) in [6.07, 6.45) is 4.49. The smallest absolute Gasteiger partial charge is 0.239 e. The molecule has 0 bridgehead atoms. The number of aromatic nitrogens is 1. The van der Waals surface area contributed by atoms with E-state index in [2.05, 4.69) is 41.6 Å². The highest BCUT2D eigenvalue weighted by atomic mass is 32.1. The van der Waals surface area contributed by atoms with E-state index in [1.54, 1.807) is 0 Å². The number of benzene rings is 1. The van der Waals surface area contributed by atoms with E-state index in [9.17, 15) is 4.79 Å². The van der Waals surface area contributed by atoms with Gasteiger partial charge in [-0.2, -0.15) is 0 Å². The average Bonchev–Trinajstić information content (AvgIpc) is 3.13. The van der Waals surface area contributed by atoms with Crippen molar-refractivity contribution in [3.05, 3.63) is 47.0 Å². The molecule has 1 aliphatic heterocycles. The van der Waals surface area contributed by atoms with Crippen molar-refractivity contribution in [3.63, 3.8) is 0 Å². The predicted octanol–water partition coefficient (Wildman–Crippen LogP) is 3.15. The number of nitrogens with zero attached hydrogens (tertiary/aromatic N) is 2. The SMILES string of the molecule is CCCC[C@H](N)C(=O)N1CCC(c2ccccc2)(c2csc(N)n2)CC1. The Balaban J connectivity index is 1.79. The van der Waals surface area contributed by atoms with Gasteiger partial charge < -0.3 is 16.4 Å². The maximum Gasteiger partial charge on any atom is 0.239 e. The zero-order valence-electron chi connectivity index (χ0n) is 15.4. The highest BCUT2D eigenvalue weighted by molar-refractivity contribution is 7.13. The van der Waals surface area contributed by atoms with Gasteiger partial charge in [-0.05, 0) is 24.8 Å². The second-order valence-electron chi connectivity index (χ2n) is 7.09. The van der Waals surface area contributed by atoms with Gasteiger partial charge in [0.1, 0.15) is 0 Å². The van der Waals surface area contributed by atoms with Crippen molar-refractivity contribution in [1.82, 2.24) is 9.88 Å². The highest BCUT2D eigenvalue weighted by Gasteiger charge is 2.41. The van der Waals surface area contributed by atoms with Gasteiger partial charge in [-0.15, -0.1) is 11.3 Å². The molecule has 1 saturated heterocycles. The standard InChI is InChI=1S/C20H28N4OS/c1-2-3-9-16(21)18(25)24-12-10-20(11-13-24,15-7-5-4-6-8-15)17-14-26-19(22)23-17/h4-8,14,16H,2-3,9-13,21H2,1H3,(H2,22,23)/t16-/m0/s1. The van der Waals surface area contributed by atoms with Crippen molar-refractivity contribution in [2.75, 3.05) is 18.8 Å². The number of thiazole rings is 1. The second-order valence-corrected chi connectivity index (χ2v) is 7.98. The average molecular weight is 373 g/mol. The molecule has 1 atom stereocenters. The van der Waals surface area contributed by atoms with E-state index >= 15 is 0 Å². The third kappa shape index (κ3) is 3.76. The quantitative estimate of drug-likeness (QED) is 0.816. The maximum atomic E-state index is 12.7. The minimum atomic E-state index is -0.380.